The molecule has 1 heterocycles. The summed E-state index contributed by atoms with van der Waals surface area (Å²) in [4.78, 5) is 28.4. The second-order valence-corrected chi connectivity index (χ2v) is 6.27. The highest BCUT2D eigenvalue weighted by molar-refractivity contribution is 6.31. The molecule has 0 aliphatic carbocycles. The van der Waals surface area contributed by atoms with Gasteiger partial charge in [-0.05, 0) is 42.7 Å². The number of hydrogen-bond acceptors (Lipinski definition) is 3. The first kappa shape index (κ1) is 17.9. The Morgan fingerprint density at radius 2 is 1.96 bits per heavy atom. The topological polar surface area (TPSA) is 71.1 Å². The maximum atomic E-state index is 12.3. The Morgan fingerprint density at radius 1 is 1.17 bits per heavy atom. The number of pyridine rings is 1. The van der Waals surface area contributed by atoms with Gasteiger partial charge in [0.05, 0.1) is 0 Å². The normalized spacial score (nSPS) is 10.5. The number of carbonyl (C=O) groups is 2. The molecule has 1 aromatic heterocycles. The lowest BCUT2D eigenvalue weighted by atomic mass is 10.1. The Morgan fingerprint density at radius 3 is 2.67 bits per heavy atom. The van der Waals surface area contributed by atoms with Gasteiger partial charge in [0.25, 0.3) is 11.8 Å². The Bertz CT molecular complexity index is 732. The minimum absolute atomic E-state index is 0.220. The highest BCUT2D eigenvalue weighted by Crippen LogP contribution is 2.16. The Balaban J connectivity index is 2.03. The van der Waals surface area contributed by atoms with Crippen molar-refractivity contribution in [1.82, 2.24) is 10.3 Å². The predicted octanol–water partition coefficient (Wildman–Crippen LogP) is 3.76. The van der Waals surface area contributed by atoms with Crippen LogP contribution in [0.15, 0.2) is 42.6 Å². The van der Waals surface area contributed by atoms with Gasteiger partial charge in [-0.2, -0.15) is 0 Å². The van der Waals surface area contributed by atoms with Gasteiger partial charge in [0, 0.05) is 29.0 Å². The molecule has 0 bridgehead atoms. The maximum Gasteiger partial charge on any atom is 0.269 e. The van der Waals surface area contributed by atoms with Crippen molar-refractivity contribution < 1.29 is 9.59 Å². The molecular formula is C18H20ClN3O2. The van der Waals surface area contributed by atoms with E-state index in [-0.39, 0.29) is 17.5 Å². The number of rotatable bonds is 6. The average Bonchev–Trinajstić information content (AvgIpc) is 2.54. The van der Waals surface area contributed by atoms with Crippen molar-refractivity contribution in [2.24, 2.45) is 5.92 Å². The summed E-state index contributed by atoms with van der Waals surface area (Å²) in [5.41, 5.74) is 1.17. The number of amides is 2. The highest BCUT2D eigenvalue weighted by Gasteiger charge is 2.12. The van der Waals surface area contributed by atoms with Crippen LogP contribution >= 0.6 is 11.6 Å². The SMILES string of the molecule is CC(C)CCNC(=O)c1cc(C(=O)Nc2cccc(Cl)c2)ccn1. The fraction of sp³-hybridized carbons (Fsp3) is 0.278. The molecule has 0 atom stereocenters. The van der Waals surface area contributed by atoms with E-state index < -0.39 is 0 Å². The molecule has 126 valence electrons. The molecule has 2 N–H and O–H groups in total. The number of halogens is 1. The molecule has 0 aliphatic heterocycles. The summed E-state index contributed by atoms with van der Waals surface area (Å²) in [5, 5.41) is 6.08. The first-order valence-corrected chi connectivity index (χ1v) is 8.14. The van der Waals surface area contributed by atoms with Crippen LogP contribution in [-0.2, 0) is 0 Å². The van der Waals surface area contributed by atoms with Gasteiger partial charge in [0.2, 0.25) is 0 Å². The number of benzene rings is 1. The van der Waals surface area contributed by atoms with Crippen LogP contribution in [0.2, 0.25) is 5.02 Å². The van der Waals surface area contributed by atoms with E-state index in [0.717, 1.165) is 6.42 Å². The fourth-order valence-electron chi connectivity index (χ4n) is 2.03. The molecule has 2 rings (SSSR count). The second-order valence-electron chi connectivity index (χ2n) is 5.83. The van der Waals surface area contributed by atoms with Crippen molar-refractivity contribution in [2.45, 2.75) is 20.3 Å². The zero-order valence-corrected chi connectivity index (χ0v) is 14.4. The Hall–Kier alpha value is -2.40. The smallest absolute Gasteiger partial charge is 0.269 e. The van der Waals surface area contributed by atoms with E-state index >= 15 is 0 Å². The standard InChI is InChI=1S/C18H20ClN3O2/c1-12(2)6-8-21-18(24)16-10-13(7-9-20-16)17(23)22-15-5-3-4-14(19)11-15/h3-5,7,9-12H,6,8H2,1-2H3,(H,21,24)(H,22,23). The van der Waals surface area contributed by atoms with Crippen LogP contribution in [0, 0.1) is 5.92 Å². The zero-order chi connectivity index (χ0) is 17.5. The maximum absolute atomic E-state index is 12.3. The molecule has 1 aromatic carbocycles. The summed E-state index contributed by atoms with van der Waals surface area (Å²) >= 11 is 5.90. The quantitative estimate of drug-likeness (QED) is 0.837. The largest absolute Gasteiger partial charge is 0.351 e. The van der Waals surface area contributed by atoms with E-state index in [1.54, 1.807) is 30.3 Å². The van der Waals surface area contributed by atoms with Crippen LogP contribution in [0.5, 0.6) is 0 Å². The van der Waals surface area contributed by atoms with Crippen molar-refractivity contribution in [1.29, 1.82) is 0 Å². The Labute approximate surface area is 146 Å². The third-order valence-electron chi connectivity index (χ3n) is 3.34. The van der Waals surface area contributed by atoms with Gasteiger partial charge in [-0.1, -0.05) is 31.5 Å². The van der Waals surface area contributed by atoms with Crippen molar-refractivity contribution in [3.8, 4) is 0 Å². The zero-order valence-electron chi connectivity index (χ0n) is 13.7. The lowest BCUT2D eigenvalue weighted by molar-refractivity contribution is 0.0947. The summed E-state index contributed by atoms with van der Waals surface area (Å²) < 4.78 is 0. The fourth-order valence-corrected chi connectivity index (χ4v) is 2.22. The van der Waals surface area contributed by atoms with Crippen LogP contribution < -0.4 is 10.6 Å². The van der Waals surface area contributed by atoms with E-state index in [0.29, 0.717) is 28.7 Å². The molecule has 2 amide bonds. The number of carbonyl (C=O) groups excluding carboxylic acids is 2. The number of hydrogen-bond donors (Lipinski definition) is 2. The summed E-state index contributed by atoms with van der Waals surface area (Å²) in [6, 6.07) is 9.90. The lowest BCUT2D eigenvalue weighted by Gasteiger charge is -2.08. The van der Waals surface area contributed by atoms with Gasteiger partial charge in [0.1, 0.15) is 5.69 Å². The molecule has 2 aromatic rings. The molecule has 0 radical (unpaired) electrons. The molecule has 0 saturated heterocycles. The second kappa shape index (κ2) is 8.45. The van der Waals surface area contributed by atoms with Crippen molar-refractivity contribution in [3.05, 3.63) is 58.9 Å². The Kier molecular flexibility index (Phi) is 6.32. The average molecular weight is 346 g/mol. The van der Waals surface area contributed by atoms with Crippen molar-refractivity contribution >= 4 is 29.1 Å². The molecule has 0 unspecified atom stereocenters. The van der Waals surface area contributed by atoms with Crippen molar-refractivity contribution in [2.75, 3.05) is 11.9 Å². The minimum Gasteiger partial charge on any atom is -0.351 e. The lowest BCUT2D eigenvalue weighted by Crippen LogP contribution is -2.26. The van der Waals surface area contributed by atoms with Crippen LogP contribution in [0.3, 0.4) is 0 Å². The van der Waals surface area contributed by atoms with Crippen molar-refractivity contribution in [3.63, 3.8) is 0 Å². The number of anilines is 1. The van der Waals surface area contributed by atoms with Crippen LogP contribution in [0.1, 0.15) is 41.1 Å². The van der Waals surface area contributed by atoms with Gasteiger partial charge in [-0.3, -0.25) is 14.6 Å². The van der Waals surface area contributed by atoms with Crippen LogP contribution in [0.25, 0.3) is 0 Å². The van der Waals surface area contributed by atoms with E-state index in [1.807, 2.05) is 0 Å². The van der Waals surface area contributed by atoms with E-state index in [1.165, 1.54) is 12.3 Å². The molecule has 0 aliphatic rings. The molecule has 0 fully saturated rings. The van der Waals surface area contributed by atoms with Crippen LogP contribution in [0.4, 0.5) is 5.69 Å². The summed E-state index contributed by atoms with van der Waals surface area (Å²) in [6.07, 6.45) is 2.34. The summed E-state index contributed by atoms with van der Waals surface area (Å²) in [6.45, 7) is 4.76. The third kappa shape index (κ3) is 5.35. The minimum atomic E-state index is -0.323. The first-order chi connectivity index (χ1) is 11.5. The first-order valence-electron chi connectivity index (χ1n) is 7.77. The summed E-state index contributed by atoms with van der Waals surface area (Å²) in [5.74, 6) is -0.1000. The van der Waals surface area contributed by atoms with Gasteiger partial charge in [-0.15, -0.1) is 0 Å². The predicted molar refractivity (Wildman–Crippen MR) is 95.4 cm³/mol. The van der Waals surface area contributed by atoms with Crippen LogP contribution in [-0.4, -0.2) is 23.3 Å². The van der Waals surface area contributed by atoms with Gasteiger partial charge >= 0.3 is 0 Å². The van der Waals surface area contributed by atoms with Gasteiger partial charge in [0.15, 0.2) is 0 Å². The monoisotopic (exact) mass is 345 g/mol. The van der Waals surface area contributed by atoms with E-state index in [4.69, 9.17) is 11.6 Å². The van der Waals surface area contributed by atoms with Gasteiger partial charge in [-0.25, -0.2) is 0 Å². The molecule has 5 nitrogen and oxygen atoms in total. The highest BCUT2D eigenvalue weighted by atomic mass is 35.5. The van der Waals surface area contributed by atoms with E-state index in [2.05, 4.69) is 29.5 Å². The van der Waals surface area contributed by atoms with Gasteiger partial charge < -0.3 is 10.6 Å². The molecular weight excluding hydrogens is 326 g/mol. The summed E-state index contributed by atoms with van der Waals surface area (Å²) in [7, 11) is 0. The molecule has 6 heteroatoms. The number of nitrogens with one attached hydrogen (secondary N) is 2. The molecule has 0 spiro atoms. The third-order valence-corrected chi connectivity index (χ3v) is 3.58. The molecule has 0 saturated carbocycles. The van der Waals surface area contributed by atoms with E-state index in [9.17, 15) is 9.59 Å². The number of nitrogens with zero attached hydrogens (tertiary/aromatic N) is 1. The molecule has 24 heavy (non-hydrogen) atoms. The number of aromatic nitrogens is 1.